The fourth-order valence-electron chi connectivity index (χ4n) is 3.02. The molecule has 0 aliphatic rings. The maximum absolute atomic E-state index is 13.3. The number of carbonyl (C=O) groups is 1. The van der Waals surface area contributed by atoms with E-state index in [1.165, 1.54) is 11.3 Å². The van der Waals surface area contributed by atoms with Gasteiger partial charge in [0.15, 0.2) is 5.13 Å². The van der Waals surface area contributed by atoms with E-state index < -0.39 is 0 Å². The second kappa shape index (κ2) is 9.22. The molecular weight excluding hydrogens is 417 g/mol. The third-order valence-corrected chi connectivity index (χ3v) is 5.98. The summed E-state index contributed by atoms with van der Waals surface area (Å²) in [7, 11) is 5.85. The molecule has 0 saturated heterocycles. The fourth-order valence-corrected chi connectivity index (χ4v) is 4.22. The zero-order valence-corrected chi connectivity index (χ0v) is 19.1. The molecule has 9 heteroatoms. The maximum atomic E-state index is 13.3. The molecule has 0 fully saturated rings. The molecule has 3 rings (SSSR count). The smallest absolute Gasteiger partial charge is 0.278 e. The Balaban J connectivity index is 0.00000280. The lowest BCUT2D eigenvalue weighted by Gasteiger charge is -2.21. The number of hydrogen-bond donors (Lipinski definition) is 0. The molecule has 0 aliphatic carbocycles. The van der Waals surface area contributed by atoms with Gasteiger partial charge in [-0.3, -0.25) is 14.4 Å². The van der Waals surface area contributed by atoms with Crippen LogP contribution in [0.2, 0.25) is 5.02 Å². The summed E-state index contributed by atoms with van der Waals surface area (Å²) in [5.74, 6) is -0.0749. The van der Waals surface area contributed by atoms with E-state index in [0.717, 1.165) is 34.3 Å². The number of anilines is 1. The van der Waals surface area contributed by atoms with Crippen LogP contribution in [0.5, 0.6) is 0 Å². The molecule has 2 heterocycles. The number of halogens is 2. The van der Waals surface area contributed by atoms with Crippen LogP contribution >= 0.6 is 35.3 Å². The Morgan fingerprint density at radius 3 is 2.57 bits per heavy atom. The molecule has 152 valence electrons. The molecule has 0 atom stereocenters. The van der Waals surface area contributed by atoms with E-state index in [2.05, 4.69) is 10.00 Å². The minimum atomic E-state index is -0.0749. The molecule has 0 unspecified atom stereocenters. The van der Waals surface area contributed by atoms with Gasteiger partial charge < -0.3 is 4.90 Å². The van der Waals surface area contributed by atoms with Gasteiger partial charge in [0.25, 0.3) is 5.91 Å². The SMILES string of the molecule is Cc1cnn(C)c1C(=O)N(CCCN(C)C)c1nc2c(C)c(Cl)ccc2s1.Cl. The number of nitrogens with zero attached hydrogens (tertiary/aromatic N) is 5. The number of amides is 1. The monoisotopic (exact) mass is 441 g/mol. The van der Waals surface area contributed by atoms with Crippen LogP contribution < -0.4 is 4.90 Å². The van der Waals surface area contributed by atoms with E-state index in [1.807, 2.05) is 40.1 Å². The van der Waals surface area contributed by atoms with Gasteiger partial charge >= 0.3 is 0 Å². The van der Waals surface area contributed by atoms with Crippen LogP contribution in [0, 0.1) is 13.8 Å². The van der Waals surface area contributed by atoms with Crippen LogP contribution in [0.1, 0.15) is 28.0 Å². The highest BCUT2D eigenvalue weighted by Crippen LogP contribution is 2.34. The van der Waals surface area contributed by atoms with Crippen LogP contribution in [-0.4, -0.2) is 52.8 Å². The minimum absolute atomic E-state index is 0. The predicted octanol–water partition coefficient (Wildman–Crippen LogP) is 4.32. The third-order valence-electron chi connectivity index (χ3n) is 4.52. The van der Waals surface area contributed by atoms with E-state index in [0.29, 0.717) is 22.4 Å². The number of hydrogen-bond acceptors (Lipinski definition) is 5. The molecule has 6 nitrogen and oxygen atoms in total. The van der Waals surface area contributed by atoms with Crippen molar-refractivity contribution in [2.24, 2.45) is 7.05 Å². The van der Waals surface area contributed by atoms with Gasteiger partial charge in [-0.05, 0) is 64.2 Å². The molecule has 3 aromatic rings. The highest BCUT2D eigenvalue weighted by Gasteiger charge is 2.25. The van der Waals surface area contributed by atoms with Gasteiger partial charge in [0.05, 0.1) is 16.4 Å². The molecule has 28 heavy (non-hydrogen) atoms. The van der Waals surface area contributed by atoms with Crippen LogP contribution in [-0.2, 0) is 7.05 Å². The zero-order valence-electron chi connectivity index (χ0n) is 16.7. The molecule has 0 radical (unpaired) electrons. The van der Waals surface area contributed by atoms with Crippen molar-refractivity contribution in [3.05, 3.63) is 40.2 Å². The van der Waals surface area contributed by atoms with Crippen molar-refractivity contribution in [3.63, 3.8) is 0 Å². The van der Waals surface area contributed by atoms with Gasteiger partial charge in [-0.1, -0.05) is 22.9 Å². The van der Waals surface area contributed by atoms with Crippen molar-refractivity contribution >= 4 is 56.6 Å². The average molecular weight is 442 g/mol. The third kappa shape index (κ3) is 4.49. The molecule has 2 aromatic heterocycles. The zero-order chi connectivity index (χ0) is 19.7. The molecule has 0 N–H and O–H groups in total. The van der Waals surface area contributed by atoms with Gasteiger partial charge in [-0.25, -0.2) is 4.98 Å². The number of carbonyl (C=O) groups excluding carboxylic acids is 1. The molecule has 0 bridgehead atoms. The summed E-state index contributed by atoms with van der Waals surface area (Å²) in [6, 6.07) is 3.84. The average Bonchev–Trinajstić information content (AvgIpc) is 3.18. The Bertz CT molecular complexity index is 963. The summed E-state index contributed by atoms with van der Waals surface area (Å²) in [6.07, 6.45) is 2.57. The fraction of sp³-hybridized carbons (Fsp3) is 0.421. The molecule has 1 aromatic carbocycles. The number of benzene rings is 1. The Labute approximate surface area is 180 Å². The van der Waals surface area contributed by atoms with Crippen LogP contribution in [0.4, 0.5) is 5.13 Å². The summed E-state index contributed by atoms with van der Waals surface area (Å²) >= 11 is 7.76. The largest absolute Gasteiger partial charge is 0.309 e. The highest BCUT2D eigenvalue weighted by molar-refractivity contribution is 7.22. The summed E-state index contributed by atoms with van der Waals surface area (Å²) in [4.78, 5) is 22.0. The van der Waals surface area contributed by atoms with Crippen LogP contribution in [0.3, 0.4) is 0 Å². The molecule has 0 spiro atoms. The Kier molecular flexibility index (Phi) is 7.45. The first-order valence-corrected chi connectivity index (χ1v) is 10.00. The van der Waals surface area contributed by atoms with Crippen molar-refractivity contribution in [2.75, 3.05) is 32.1 Å². The normalized spacial score (nSPS) is 11.1. The first kappa shape index (κ1) is 22.6. The van der Waals surface area contributed by atoms with Crippen molar-refractivity contribution < 1.29 is 4.79 Å². The molecule has 0 aliphatic heterocycles. The van der Waals surface area contributed by atoms with Gasteiger partial charge in [-0.2, -0.15) is 5.10 Å². The number of thiazole rings is 1. The number of rotatable bonds is 6. The lowest BCUT2D eigenvalue weighted by Crippen LogP contribution is -2.35. The summed E-state index contributed by atoms with van der Waals surface area (Å²) in [5, 5.41) is 5.60. The second-order valence-electron chi connectivity index (χ2n) is 6.93. The summed E-state index contributed by atoms with van der Waals surface area (Å²) in [6.45, 7) is 5.34. The van der Waals surface area contributed by atoms with E-state index in [4.69, 9.17) is 16.6 Å². The first-order valence-electron chi connectivity index (χ1n) is 8.80. The van der Waals surface area contributed by atoms with Crippen molar-refractivity contribution in [1.82, 2.24) is 19.7 Å². The van der Waals surface area contributed by atoms with Gasteiger partial charge in [0.2, 0.25) is 0 Å². The number of fused-ring (bicyclic) bond motifs is 1. The van der Waals surface area contributed by atoms with Gasteiger partial charge in [0.1, 0.15) is 5.69 Å². The van der Waals surface area contributed by atoms with Gasteiger partial charge in [0, 0.05) is 18.6 Å². The lowest BCUT2D eigenvalue weighted by molar-refractivity contribution is 0.0976. The van der Waals surface area contributed by atoms with Crippen LogP contribution in [0.25, 0.3) is 10.2 Å². The Morgan fingerprint density at radius 1 is 1.25 bits per heavy atom. The topological polar surface area (TPSA) is 54.3 Å². The Hall–Kier alpha value is -1.67. The quantitative estimate of drug-likeness (QED) is 0.571. The molecule has 0 saturated carbocycles. The lowest BCUT2D eigenvalue weighted by atomic mass is 10.2. The summed E-state index contributed by atoms with van der Waals surface area (Å²) in [5.41, 5.74) is 3.25. The Morgan fingerprint density at radius 2 is 1.96 bits per heavy atom. The highest BCUT2D eigenvalue weighted by atomic mass is 35.5. The maximum Gasteiger partial charge on any atom is 0.278 e. The second-order valence-corrected chi connectivity index (χ2v) is 8.35. The number of aromatic nitrogens is 3. The van der Waals surface area contributed by atoms with E-state index in [-0.39, 0.29) is 18.3 Å². The molecule has 1 amide bonds. The van der Waals surface area contributed by atoms with Gasteiger partial charge in [-0.15, -0.1) is 12.4 Å². The van der Waals surface area contributed by atoms with Crippen molar-refractivity contribution in [3.8, 4) is 0 Å². The van der Waals surface area contributed by atoms with Crippen molar-refractivity contribution in [2.45, 2.75) is 20.3 Å². The van der Waals surface area contributed by atoms with Crippen LogP contribution in [0.15, 0.2) is 18.3 Å². The van der Waals surface area contributed by atoms with Crippen molar-refractivity contribution in [1.29, 1.82) is 0 Å². The standard InChI is InChI=1S/C19H24ClN5OS.ClH/c1-12-11-21-24(5)17(12)18(26)25(10-6-9-23(3)4)19-22-16-13(2)14(20)7-8-15(16)27-19;/h7-8,11H,6,9-10H2,1-5H3;1H. The minimum Gasteiger partial charge on any atom is -0.309 e. The summed E-state index contributed by atoms with van der Waals surface area (Å²) < 4.78 is 2.66. The number of aryl methyl sites for hydroxylation is 3. The van der Waals surface area contributed by atoms with E-state index in [9.17, 15) is 4.79 Å². The first-order chi connectivity index (χ1) is 12.8. The molecular formula is C19H25Cl2N5OS. The van der Waals surface area contributed by atoms with E-state index >= 15 is 0 Å². The van der Waals surface area contributed by atoms with E-state index in [1.54, 1.807) is 22.8 Å². The predicted molar refractivity (Wildman–Crippen MR) is 119 cm³/mol.